The van der Waals surface area contributed by atoms with Crippen LogP contribution in [0.4, 0.5) is 10.1 Å². The van der Waals surface area contributed by atoms with Crippen LogP contribution in [-0.2, 0) is 4.75 Å². The topological polar surface area (TPSA) is 115 Å². The zero-order chi connectivity index (χ0) is 16.9. The Balaban J connectivity index is 2.52. The van der Waals surface area contributed by atoms with Gasteiger partial charge >= 0.3 is 0 Å². The summed E-state index contributed by atoms with van der Waals surface area (Å²) in [6.45, 7) is 3.97. The highest BCUT2D eigenvalue weighted by atomic mass is 32.2. The third-order valence-corrected chi connectivity index (χ3v) is 5.90. The summed E-state index contributed by atoms with van der Waals surface area (Å²) >= 11 is 1.09. The number of quaternary nitrogens is 1. The average molecular weight is 330 g/mol. The number of hydroxylamine groups is 4. The summed E-state index contributed by atoms with van der Waals surface area (Å²) in [5, 5.41) is 34.7. The van der Waals surface area contributed by atoms with Crippen molar-refractivity contribution in [2.75, 3.05) is 6.54 Å². The van der Waals surface area contributed by atoms with Crippen LogP contribution in [0, 0.1) is 26.3 Å². The third-order valence-electron chi connectivity index (χ3n) is 4.20. The number of hydrogen-bond acceptors (Lipinski definition) is 6. The molecule has 2 unspecified atom stereocenters. The Bertz CT molecular complexity index is 625. The van der Waals surface area contributed by atoms with E-state index in [1.54, 1.807) is 0 Å². The monoisotopic (exact) mass is 330 g/mol. The first-order chi connectivity index (χ1) is 9.91. The zero-order valence-electron chi connectivity index (χ0n) is 12.4. The van der Waals surface area contributed by atoms with Crippen LogP contribution in [0.1, 0.15) is 26.3 Å². The minimum atomic E-state index is -1.89. The molecule has 2 rings (SSSR count). The minimum absolute atomic E-state index is 0.0492. The number of non-ortho nitro benzene ring substituents is 1. The van der Waals surface area contributed by atoms with E-state index in [0.29, 0.717) is 0 Å². The molecule has 1 fully saturated rings. The number of benzene rings is 1. The van der Waals surface area contributed by atoms with Crippen molar-refractivity contribution in [3.05, 3.63) is 50.1 Å². The number of nitro benzene ring substituents is 1. The van der Waals surface area contributed by atoms with Crippen molar-refractivity contribution in [2.24, 2.45) is 5.73 Å². The molecule has 0 aromatic heterocycles. The molecule has 1 heterocycles. The second-order valence-corrected chi connectivity index (χ2v) is 7.82. The smallest absolute Gasteiger partial charge is 0.269 e. The summed E-state index contributed by atoms with van der Waals surface area (Å²) < 4.78 is 12.9. The molecule has 1 aromatic rings. The van der Waals surface area contributed by atoms with Crippen LogP contribution < -0.4 is 5.73 Å². The van der Waals surface area contributed by atoms with Crippen molar-refractivity contribution in [1.29, 1.82) is 0 Å². The van der Waals surface area contributed by atoms with Gasteiger partial charge in [0, 0.05) is 17.7 Å². The molecule has 2 atom stereocenters. The molecule has 2 N–H and O–H groups in total. The highest BCUT2D eigenvalue weighted by molar-refractivity contribution is 8.00. The summed E-state index contributed by atoms with van der Waals surface area (Å²) in [6.07, 6.45) is 0. The summed E-state index contributed by atoms with van der Waals surface area (Å²) in [5.41, 5.74) is 4.30. The lowest BCUT2D eigenvalue weighted by molar-refractivity contribution is -0.885. The van der Waals surface area contributed by atoms with Crippen LogP contribution in [0.25, 0.3) is 0 Å². The van der Waals surface area contributed by atoms with Gasteiger partial charge in [0.05, 0.1) is 16.2 Å². The van der Waals surface area contributed by atoms with E-state index in [1.807, 2.05) is 0 Å². The van der Waals surface area contributed by atoms with E-state index < -0.39 is 37.8 Å². The van der Waals surface area contributed by atoms with Crippen LogP contribution in [0.3, 0.4) is 0 Å². The molecular weight excluding hydrogens is 313 g/mol. The van der Waals surface area contributed by atoms with Crippen LogP contribution >= 0.6 is 11.8 Å². The number of rotatable bonds is 2. The van der Waals surface area contributed by atoms with Crippen LogP contribution in [-0.4, -0.2) is 27.2 Å². The predicted octanol–water partition coefficient (Wildman–Crippen LogP) is 2.57. The van der Waals surface area contributed by atoms with Crippen molar-refractivity contribution in [2.45, 2.75) is 36.4 Å². The van der Waals surface area contributed by atoms with E-state index in [4.69, 9.17) is 5.73 Å². The number of thioether (sulfide) groups is 1. The normalized spacial score (nSPS) is 30.0. The molecule has 1 aliphatic rings. The average Bonchev–Trinajstić information content (AvgIpc) is 2.36. The number of halogens is 1. The minimum Gasteiger partial charge on any atom is -0.631 e. The maximum atomic E-state index is 14.1. The molecule has 1 aliphatic heterocycles. The SMILES string of the molecule is CC1(c2cc([N+](=O)[O-])ccc2F)C[N+]([O-])([O-])C(C)(C)C(N)S1. The molecule has 1 saturated heterocycles. The molecule has 122 valence electrons. The Morgan fingerprint density at radius 3 is 2.50 bits per heavy atom. The van der Waals surface area contributed by atoms with Gasteiger partial charge in [0.2, 0.25) is 0 Å². The van der Waals surface area contributed by atoms with E-state index in [0.717, 1.165) is 30.0 Å². The van der Waals surface area contributed by atoms with Gasteiger partial charge in [-0.3, -0.25) is 10.1 Å². The number of nitrogens with two attached hydrogens (primary N) is 1. The van der Waals surface area contributed by atoms with Crippen molar-refractivity contribution in [3.8, 4) is 0 Å². The van der Waals surface area contributed by atoms with E-state index in [9.17, 15) is 24.9 Å². The first kappa shape index (κ1) is 17.1. The number of nitro groups is 1. The highest BCUT2D eigenvalue weighted by Crippen LogP contribution is 2.51. The summed E-state index contributed by atoms with van der Waals surface area (Å²) in [4.78, 5) is 8.33. The van der Waals surface area contributed by atoms with Gasteiger partial charge in [0.15, 0.2) is 0 Å². The van der Waals surface area contributed by atoms with Crippen molar-refractivity contribution < 1.29 is 14.1 Å². The zero-order valence-corrected chi connectivity index (χ0v) is 13.2. The van der Waals surface area contributed by atoms with Crippen LogP contribution in [0.15, 0.2) is 18.2 Å². The van der Waals surface area contributed by atoms with Gasteiger partial charge in [0.1, 0.15) is 16.7 Å². The molecule has 0 radical (unpaired) electrons. The second kappa shape index (κ2) is 5.14. The Kier molecular flexibility index (Phi) is 3.99. The lowest BCUT2D eigenvalue weighted by atomic mass is 9.94. The van der Waals surface area contributed by atoms with Gasteiger partial charge in [-0.25, -0.2) is 4.39 Å². The van der Waals surface area contributed by atoms with Gasteiger partial charge in [-0.1, -0.05) is 0 Å². The quantitative estimate of drug-likeness (QED) is 0.385. The number of hydrogen-bond donors (Lipinski definition) is 1. The van der Waals surface area contributed by atoms with E-state index in [2.05, 4.69) is 0 Å². The summed E-state index contributed by atoms with van der Waals surface area (Å²) in [6, 6.07) is 3.07. The predicted molar refractivity (Wildman–Crippen MR) is 81.9 cm³/mol. The largest absolute Gasteiger partial charge is 0.631 e. The van der Waals surface area contributed by atoms with Crippen molar-refractivity contribution in [1.82, 2.24) is 0 Å². The Labute approximate surface area is 131 Å². The lowest BCUT2D eigenvalue weighted by Gasteiger charge is -2.65. The van der Waals surface area contributed by atoms with E-state index in [-0.39, 0.29) is 11.3 Å². The fourth-order valence-corrected chi connectivity index (χ4v) is 3.97. The van der Waals surface area contributed by atoms with Gasteiger partial charge in [-0.05, 0) is 26.8 Å². The first-order valence-corrected chi connectivity index (χ1v) is 7.47. The van der Waals surface area contributed by atoms with Gasteiger partial charge in [-0.2, -0.15) is 0 Å². The van der Waals surface area contributed by atoms with Crippen LogP contribution in [0.5, 0.6) is 0 Å². The fraction of sp³-hybridized carbons (Fsp3) is 0.538. The maximum Gasteiger partial charge on any atom is 0.269 e. The third kappa shape index (κ3) is 2.59. The number of nitrogens with zero attached hydrogens (tertiary/aromatic N) is 2. The summed E-state index contributed by atoms with van der Waals surface area (Å²) in [5.74, 6) is -0.701. The van der Waals surface area contributed by atoms with Gasteiger partial charge in [0.25, 0.3) is 5.69 Å². The Morgan fingerprint density at radius 1 is 1.41 bits per heavy atom. The molecule has 0 spiro atoms. The molecule has 9 heteroatoms. The fourth-order valence-electron chi connectivity index (χ4n) is 2.44. The second-order valence-electron chi connectivity index (χ2n) is 6.18. The van der Waals surface area contributed by atoms with Crippen molar-refractivity contribution in [3.63, 3.8) is 0 Å². The highest BCUT2D eigenvalue weighted by Gasteiger charge is 2.51. The molecule has 0 aliphatic carbocycles. The lowest BCUT2D eigenvalue weighted by Crippen LogP contribution is -2.68. The first-order valence-electron chi connectivity index (χ1n) is 6.59. The Morgan fingerprint density at radius 2 is 2.00 bits per heavy atom. The van der Waals surface area contributed by atoms with E-state index in [1.165, 1.54) is 20.8 Å². The van der Waals surface area contributed by atoms with E-state index >= 15 is 0 Å². The molecule has 7 nitrogen and oxygen atoms in total. The van der Waals surface area contributed by atoms with Gasteiger partial charge in [-0.15, -0.1) is 11.8 Å². The molecule has 1 aromatic carbocycles. The standard InChI is InChI=1S/C13H17FN3O4S/c1-12(2)11(15)22-13(3,7-17(12,20)21)9-6-8(16(18)19)4-5-10(9)14/h4-6,11H,7,15H2,1-3H3/q-1. The summed E-state index contributed by atoms with van der Waals surface area (Å²) in [7, 11) is 0. The molecular formula is C13H17FN3O4S-. The Hall–Kier alpha value is -1.26. The molecule has 0 amide bonds. The molecule has 22 heavy (non-hydrogen) atoms. The van der Waals surface area contributed by atoms with Gasteiger partial charge < -0.3 is 21.0 Å². The maximum absolute atomic E-state index is 14.1. The molecule has 0 saturated carbocycles. The van der Waals surface area contributed by atoms with Crippen molar-refractivity contribution >= 4 is 17.4 Å². The van der Waals surface area contributed by atoms with Crippen LogP contribution in [0.2, 0.25) is 0 Å². The molecule has 0 bridgehead atoms.